The van der Waals surface area contributed by atoms with Gasteiger partial charge in [-0.3, -0.25) is 0 Å². The molecule has 0 N–H and O–H groups in total. The van der Waals surface area contributed by atoms with Gasteiger partial charge < -0.3 is 34.5 Å². The Morgan fingerprint density at radius 2 is 0.846 bits per heavy atom. The third-order valence-electron chi connectivity index (χ3n) is 3.13. The molecule has 0 aliphatic heterocycles. The highest BCUT2D eigenvalue weighted by atomic mass is 19.5. The minimum atomic E-state index is -6.00. The van der Waals surface area contributed by atoms with E-state index in [4.69, 9.17) is 0 Å². The monoisotopic (exact) mass is 388 g/mol. The lowest BCUT2D eigenvalue weighted by atomic mass is 10.1. The van der Waals surface area contributed by atoms with E-state index >= 15 is 0 Å². The van der Waals surface area contributed by atoms with E-state index < -0.39 is 14.5 Å². The maximum absolute atomic E-state index is 9.75. The van der Waals surface area contributed by atoms with Crippen molar-refractivity contribution in [3.8, 4) is 11.1 Å². The van der Waals surface area contributed by atoms with Gasteiger partial charge in [0, 0.05) is 38.1 Å². The number of rotatable bonds is 1. The normalized spacial score (nSPS) is 11.1. The third kappa shape index (κ3) is 12.3. The van der Waals surface area contributed by atoms with E-state index in [0.29, 0.717) is 0 Å². The Bertz CT molecular complexity index is 644. The molecule has 2 aromatic heterocycles. The van der Waals surface area contributed by atoms with Crippen LogP contribution in [0.15, 0.2) is 36.7 Å². The van der Waals surface area contributed by atoms with Gasteiger partial charge in [0.05, 0.1) is 0 Å². The number of nitrogens with zero attached hydrogens (tertiary/aromatic N) is 2. The van der Waals surface area contributed by atoms with Crippen molar-refractivity contribution in [1.29, 1.82) is 0 Å². The Hall–Kier alpha value is -2.13. The Labute approximate surface area is 146 Å². The molecule has 0 amide bonds. The zero-order valence-electron chi connectivity index (χ0n) is 14.5. The first-order chi connectivity index (χ1) is 11.6. The predicted octanol–water partition coefficient (Wildman–Crippen LogP) is 4.22. The van der Waals surface area contributed by atoms with Gasteiger partial charge in [-0.1, -0.05) is 0 Å². The molecule has 2 rings (SSSR count). The zero-order chi connectivity index (χ0) is 20.7. The Morgan fingerprint density at radius 1 is 0.615 bits per heavy atom. The molecule has 0 unspecified atom stereocenters. The summed E-state index contributed by atoms with van der Waals surface area (Å²) in [7, 11) is -7.87. The zero-order valence-corrected chi connectivity index (χ0v) is 14.5. The highest BCUT2D eigenvalue weighted by molar-refractivity contribution is 6.50. The summed E-state index contributed by atoms with van der Waals surface area (Å²) < 4.78 is 82.2. The molecule has 146 valence electrons. The fourth-order valence-corrected chi connectivity index (χ4v) is 1.73. The molecule has 26 heavy (non-hydrogen) atoms. The van der Waals surface area contributed by atoms with Crippen LogP contribution in [0.2, 0.25) is 0 Å². The molecule has 12 heteroatoms. The quantitative estimate of drug-likeness (QED) is 0.393. The second-order valence-electron chi connectivity index (χ2n) is 5.33. The molecular formula is C14H18B2F8N2. The molecule has 0 aromatic carbocycles. The summed E-state index contributed by atoms with van der Waals surface area (Å²) >= 11 is 0. The predicted molar refractivity (Wildman–Crippen MR) is 84.1 cm³/mol. The van der Waals surface area contributed by atoms with Gasteiger partial charge in [0.25, 0.3) is 0 Å². The van der Waals surface area contributed by atoms with Crippen molar-refractivity contribution in [1.82, 2.24) is 0 Å². The molecule has 0 aliphatic carbocycles. The lowest BCUT2D eigenvalue weighted by Crippen LogP contribution is -2.31. The molecule has 2 nitrogen and oxygen atoms in total. The average Bonchev–Trinajstić information content (AvgIpc) is 2.41. The van der Waals surface area contributed by atoms with Crippen molar-refractivity contribution in [3.63, 3.8) is 0 Å². The molecule has 0 saturated heterocycles. The fourth-order valence-electron chi connectivity index (χ4n) is 1.73. The summed E-state index contributed by atoms with van der Waals surface area (Å²) in [5.74, 6) is 0. The van der Waals surface area contributed by atoms with Crippen molar-refractivity contribution < 1.29 is 43.7 Å². The molecular weight excluding hydrogens is 370 g/mol. The van der Waals surface area contributed by atoms with E-state index in [-0.39, 0.29) is 0 Å². The lowest BCUT2D eigenvalue weighted by molar-refractivity contribution is -0.678. The first-order valence-electron chi connectivity index (χ1n) is 7.25. The van der Waals surface area contributed by atoms with Crippen LogP contribution in [0.4, 0.5) is 34.5 Å². The van der Waals surface area contributed by atoms with Gasteiger partial charge in [-0.15, -0.1) is 0 Å². The number of aryl methyl sites for hydroxylation is 4. The molecule has 0 fully saturated rings. The summed E-state index contributed by atoms with van der Waals surface area (Å²) in [4.78, 5) is 0. The van der Waals surface area contributed by atoms with E-state index in [1.54, 1.807) is 0 Å². The summed E-state index contributed by atoms with van der Waals surface area (Å²) in [6.45, 7) is 4.25. The second-order valence-corrected chi connectivity index (χ2v) is 5.33. The van der Waals surface area contributed by atoms with Crippen molar-refractivity contribution >= 4 is 14.5 Å². The first kappa shape index (κ1) is 23.9. The van der Waals surface area contributed by atoms with E-state index in [9.17, 15) is 34.5 Å². The summed E-state index contributed by atoms with van der Waals surface area (Å²) in [5, 5.41) is 0. The van der Waals surface area contributed by atoms with Gasteiger partial charge in [-0.25, -0.2) is 9.13 Å². The van der Waals surface area contributed by atoms with E-state index in [1.165, 1.54) is 22.5 Å². The van der Waals surface area contributed by atoms with Crippen LogP contribution < -0.4 is 9.13 Å². The SMILES string of the molecule is Cc1cc(-c2cc[n+](C)c(C)c2)cc[n+]1C.F[B-](F)(F)F.F[B-](F)(F)F. The van der Waals surface area contributed by atoms with Crippen LogP contribution in [-0.2, 0) is 14.1 Å². The van der Waals surface area contributed by atoms with Gasteiger partial charge in [0.2, 0.25) is 0 Å². The fraction of sp³-hybridized carbons (Fsp3) is 0.286. The highest BCUT2D eigenvalue weighted by Gasteiger charge is 2.21. The minimum absolute atomic E-state index is 1.27. The third-order valence-corrected chi connectivity index (χ3v) is 3.13. The molecule has 0 bridgehead atoms. The van der Waals surface area contributed by atoms with Crippen LogP contribution in [0.1, 0.15) is 11.4 Å². The molecule has 0 atom stereocenters. The second kappa shape index (κ2) is 9.54. The van der Waals surface area contributed by atoms with Gasteiger partial charge in [-0.2, -0.15) is 0 Å². The van der Waals surface area contributed by atoms with Crippen LogP contribution in [0.25, 0.3) is 11.1 Å². The maximum Gasteiger partial charge on any atom is 0.673 e. The van der Waals surface area contributed by atoms with Crippen LogP contribution in [-0.4, -0.2) is 14.5 Å². The molecule has 0 radical (unpaired) electrons. The van der Waals surface area contributed by atoms with Gasteiger partial charge in [0.1, 0.15) is 14.1 Å². The van der Waals surface area contributed by atoms with Crippen molar-refractivity contribution in [2.75, 3.05) is 0 Å². The highest BCUT2D eigenvalue weighted by Crippen LogP contribution is 2.18. The first-order valence-corrected chi connectivity index (χ1v) is 7.25. The Morgan fingerprint density at radius 3 is 1.04 bits per heavy atom. The Kier molecular flexibility index (Phi) is 8.75. The van der Waals surface area contributed by atoms with E-state index in [2.05, 4.69) is 73.7 Å². The molecule has 2 aromatic rings. The molecule has 2 heterocycles. The van der Waals surface area contributed by atoms with Gasteiger partial charge in [-0.05, 0) is 11.1 Å². The van der Waals surface area contributed by atoms with Gasteiger partial charge in [0.15, 0.2) is 23.8 Å². The van der Waals surface area contributed by atoms with E-state index in [1.807, 2.05) is 0 Å². The summed E-state index contributed by atoms with van der Waals surface area (Å²) in [6.07, 6.45) is 4.21. The molecule has 0 spiro atoms. The Balaban J connectivity index is 0.000000520. The van der Waals surface area contributed by atoms with Gasteiger partial charge >= 0.3 is 14.5 Å². The number of hydrogen-bond acceptors (Lipinski definition) is 0. The standard InChI is InChI=1S/C14H18N2.2BF4/c1-11-9-13(5-7-15(11)3)14-6-8-16(4)12(2)10-14;2*2-1(3,4)5/h5-10H,1-4H3;;/q+2;2*-1. The number of halogens is 8. The topological polar surface area (TPSA) is 7.76 Å². The number of hydrogen-bond donors (Lipinski definition) is 0. The number of aromatic nitrogens is 2. The number of pyridine rings is 2. The van der Waals surface area contributed by atoms with Crippen molar-refractivity contribution in [3.05, 3.63) is 48.0 Å². The maximum atomic E-state index is 9.75. The summed E-state index contributed by atoms with van der Waals surface area (Å²) in [5.41, 5.74) is 5.09. The molecule has 0 saturated carbocycles. The van der Waals surface area contributed by atoms with Crippen molar-refractivity contribution in [2.24, 2.45) is 14.1 Å². The minimum Gasteiger partial charge on any atom is -0.418 e. The summed E-state index contributed by atoms with van der Waals surface area (Å²) in [6, 6.07) is 8.74. The van der Waals surface area contributed by atoms with Crippen LogP contribution in [0.5, 0.6) is 0 Å². The largest absolute Gasteiger partial charge is 0.673 e. The average molecular weight is 388 g/mol. The smallest absolute Gasteiger partial charge is 0.418 e. The van der Waals surface area contributed by atoms with Crippen LogP contribution in [0, 0.1) is 13.8 Å². The van der Waals surface area contributed by atoms with E-state index in [0.717, 1.165) is 0 Å². The molecule has 0 aliphatic rings. The van der Waals surface area contributed by atoms with Crippen LogP contribution in [0.3, 0.4) is 0 Å². The lowest BCUT2D eigenvalue weighted by Gasteiger charge is -2.02. The van der Waals surface area contributed by atoms with Crippen molar-refractivity contribution in [2.45, 2.75) is 13.8 Å². The van der Waals surface area contributed by atoms with Crippen LogP contribution >= 0.6 is 0 Å².